The van der Waals surface area contributed by atoms with Crippen molar-refractivity contribution in [1.82, 2.24) is 20.2 Å². The van der Waals surface area contributed by atoms with Gasteiger partial charge in [-0.25, -0.2) is 9.07 Å². The molecule has 0 atom stereocenters. The summed E-state index contributed by atoms with van der Waals surface area (Å²) in [5.41, 5.74) is 1.12. The standard InChI is InChI=1S/C12H9BrFN5S/c13-12-4-2-9(20-12)6-15-11-5-8(1-3-10(11)14)19-7-16-17-18-19/h1-5,7,15H,6H2. The van der Waals surface area contributed by atoms with Gasteiger partial charge in [-0.1, -0.05) is 0 Å². The van der Waals surface area contributed by atoms with Crippen molar-refractivity contribution in [2.24, 2.45) is 0 Å². The van der Waals surface area contributed by atoms with Gasteiger partial charge in [0.15, 0.2) is 0 Å². The Morgan fingerprint density at radius 1 is 1.30 bits per heavy atom. The highest BCUT2D eigenvalue weighted by Crippen LogP contribution is 2.24. The zero-order valence-electron chi connectivity index (χ0n) is 10.1. The van der Waals surface area contributed by atoms with E-state index in [0.29, 0.717) is 17.9 Å². The number of anilines is 1. The van der Waals surface area contributed by atoms with Crippen LogP contribution in [0.15, 0.2) is 40.4 Å². The van der Waals surface area contributed by atoms with E-state index >= 15 is 0 Å². The predicted octanol–water partition coefficient (Wildman–Crippen LogP) is 3.24. The molecule has 1 N–H and O–H groups in total. The Labute approximate surface area is 126 Å². The van der Waals surface area contributed by atoms with Gasteiger partial charge in [0.25, 0.3) is 0 Å². The van der Waals surface area contributed by atoms with Crippen molar-refractivity contribution in [1.29, 1.82) is 0 Å². The van der Waals surface area contributed by atoms with Crippen LogP contribution in [0.1, 0.15) is 4.88 Å². The van der Waals surface area contributed by atoms with Gasteiger partial charge < -0.3 is 5.32 Å². The van der Waals surface area contributed by atoms with Crippen molar-refractivity contribution in [3.8, 4) is 5.69 Å². The summed E-state index contributed by atoms with van der Waals surface area (Å²) in [6.45, 7) is 0.562. The van der Waals surface area contributed by atoms with Crippen LogP contribution in [0.3, 0.4) is 0 Å². The van der Waals surface area contributed by atoms with Crippen LogP contribution in [0.2, 0.25) is 0 Å². The Morgan fingerprint density at radius 3 is 2.90 bits per heavy atom. The van der Waals surface area contributed by atoms with Crippen LogP contribution in [0, 0.1) is 5.82 Å². The molecular formula is C12H9BrFN5S. The zero-order chi connectivity index (χ0) is 13.9. The summed E-state index contributed by atoms with van der Waals surface area (Å²) in [4.78, 5) is 1.11. The van der Waals surface area contributed by atoms with Gasteiger partial charge in [0.2, 0.25) is 0 Å². The number of nitrogens with one attached hydrogen (secondary N) is 1. The van der Waals surface area contributed by atoms with Gasteiger partial charge in [-0.2, -0.15) is 0 Å². The van der Waals surface area contributed by atoms with Crippen LogP contribution in [0.5, 0.6) is 0 Å². The average Bonchev–Trinajstić information content (AvgIpc) is 3.09. The number of aromatic nitrogens is 4. The summed E-state index contributed by atoms with van der Waals surface area (Å²) in [6.07, 6.45) is 1.47. The molecule has 2 heterocycles. The van der Waals surface area contributed by atoms with Gasteiger partial charge in [-0.05, 0) is 56.7 Å². The molecule has 0 radical (unpaired) electrons. The van der Waals surface area contributed by atoms with E-state index < -0.39 is 0 Å². The third-order valence-corrected chi connectivity index (χ3v) is 4.27. The first-order valence-electron chi connectivity index (χ1n) is 5.73. The number of benzene rings is 1. The normalized spacial score (nSPS) is 10.7. The number of nitrogens with zero attached hydrogens (tertiary/aromatic N) is 4. The first kappa shape index (κ1) is 13.2. The second-order valence-corrected chi connectivity index (χ2v) is 6.53. The maximum absolute atomic E-state index is 13.8. The van der Waals surface area contributed by atoms with Crippen molar-refractivity contribution < 1.29 is 4.39 Å². The molecular weight excluding hydrogens is 345 g/mol. The molecule has 2 aromatic heterocycles. The minimum absolute atomic E-state index is 0.308. The molecule has 8 heteroatoms. The summed E-state index contributed by atoms with van der Waals surface area (Å²) < 4.78 is 16.3. The van der Waals surface area contributed by atoms with Gasteiger partial charge in [0.05, 0.1) is 15.2 Å². The van der Waals surface area contributed by atoms with Crippen LogP contribution >= 0.6 is 27.3 Å². The Morgan fingerprint density at radius 2 is 2.20 bits per heavy atom. The summed E-state index contributed by atoms with van der Waals surface area (Å²) in [6, 6.07) is 8.65. The molecule has 3 aromatic rings. The molecule has 102 valence electrons. The maximum Gasteiger partial charge on any atom is 0.146 e. The van der Waals surface area contributed by atoms with E-state index in [1.54, 1.807) is 23.5 Å². The topological polar surface area (TPSA) is 55.6 Å². The molecule has 0 unspecified atom stereocenters. The van der Waals surface area contributed by atoms with E-state index in [2.05, 4.69) is 36.8 Å². The van der Waals surface area contributed by atoms with E-state index in [1.807, 2.05) is 12.1 Å². The van der Waals surface area contributed by atoms with Crippen LogP contribution in [-0.4, -0.2) is 20.2 Å². The van der Waals surface area contributed by atoms with Gasteiger partial charge in [0, 0.05) is 11.4 Å². The number of hydrogen-bond acceptors (Lipinski definition) is 5. The molecule has 0 amide bonds. The smallest absolute Gasteiger partial charge is 0.146 e. The molecule has 1 aromatic carbocycles. The predicted molar refractivity (Wildman–Crippen MR) is 78.5 cm³/mol. The van der Waals surface area contributed by atoms with E-state index in [-0.39, 0.29) is 5.82 Å². The van der Waals surface area contributed by atoms with Crippen molar-refractivity contribution in [2.75, 3.05) is 5.32 Å². The van der Waals surface area contributed by atoms with Gasteiger partial charge in [0.1, 0.15) is 12.1 Å². The average molecular weight is 354 g/mol. The molecule has 0 aliphatic carbocycles. The van der Waals surface area contributed by atoms with Gasteiger partial charge in [-0.3, -0.25) is 0 Å². The molecule has 3 rings (SSSR count). The fourth-order valence-electron chi connectivity index (χ4n) is 1.70. The van der Waals surface area contributed by atoms with Crippen LogP contribution in [-0.2, 0) is 6.54 Å². The van der Waals surface area contributed by atoms with Crippen molar-refractivity contribution in [3.63, 3.8) is 0 Å². The number of tetrazole rings is 1. The fourth-order valence-corrected chi connectivity index (χ4v) is 3.12. The Bertz CT molecular complexity index is 712. The van der Waals surface area contributed by atoms with E-state index in [9.17, 15) is 4.39 Å². The molecule has 5 nitrogen and oxygen atoms in total. The molecule has 0 aliphatic rings. The van der Waals surface area contributed by atoms with Crippen molar-refractivity contribution in [3.05, 3.63) is 51.1 Å². The first-order valence-corrected chi connectivity index (χ1v) is 7.34. The molecule has 0 spiro atoms. The largest absolute Gasteiger partial charge is 0.378 e. The van der Waals surface area contributed by atoms with E-state index in [1.165, 1.54) is 17.1 Å². The number of hydrogen-bond donors (Lipinski definition) is 1. The lowest BCUT2D eigenvalue weighted by molar-refractivity contribution is 0.629. The highest BCUT2D eigenvalue weighted by Gasteiger charge is 2.06. The second kappa shape index (κ2) is 5.68. The number of halogens is 2. The Balaban J connectivity index is 1.80. The number of thiophene rings is 1. The second-order valence-electron chi connectivity index (χ2n) is 3.98. The summed E-state index contributed by atoms with van der Waals surface area (Å²) in [5, 5.41) is 14.0. The lowest BCUT2D eigenvalue weighted by atomic mass is 10.2. The van der Waals surface area contributed by atoms with Crippen LogP contribution in [0.4, 0.5) is 10.1 Å². The fraction of sp³-hybridized carbons (Fsp3) is 0.0833. The van der Waals surface area contributed by atoms with Crippen molar-refractivity contribution >= 4 is 33.0 Å². The maximum atomic E-state index is 13.8. The van der Waals surface area contributed by atoms with Crippen LogP contribution < -0.4 is 5.32 Å². The van der Waals surface area contributed by atoms with Gasteiger partial charge >= 0.3 is 0 Å². The molecule has 20 heavy (non-hydrogen) atoms. The Hall–Kier alpha value is -1.80. The first-order chi connectivity index (χ1) is 9.72. The quantitative estimate of drug-likeness (QED) is 0.782. The molecule has 0 bridgehead atoms. The lowest BCUT2D eigenvalue weighted by Gasteiger charge is -2.08. The van der Waals surface area contributed by atoms with Crippen LogP contribution in [0.25, 0.3) is 5.69 Å². The highest BCUT2D eigenvalue weighted by atomic mass is 79.9. The monoisotopic (exact) mass is 353 g/mol. The summed E-state index contributed by atoms with van der Waals surface area (Å²) in [5.74, 6) is -0.308. The SMILES string of the molecule is Fc1ccc(-n2cnnn2)cc1NCc1ccc(Br)s1. The zero-order valence-corrected chi connectivity index (χ0v) is 12.5. The minimum Gasteiger partial charge on any atom is -0.378 e. The lowest BCUT2D eigenvalue weighted by Crippen LogP contribution is -2.02. The molecule has 0 fully saturated rings. The van der Waals surface area contributed by atoms with Gasteiger partial charge in [-0.15, -0.1) is 16.4 Å². The summed E-state index contributed by atoms with van der Waals surface area (Å²) in [7, 11) is 0. The minimum atomic E-state index is -0.308. The third-order valence-electron chi connectivity index (χ3n) is 2.65. The van der Waals surface area contributed by atoms with E-state index in [4.69, 9.17) is 0 Å². The van der Waals surface area contributed by atoms with Crippen molar-refractivity contribution in [2.45, 2.75) is 6.54 Å². The molecule has 0 aliphatic heterocycles. The van der Waals surface area contributed by atoms with E-state index in [0.717, 1.165) is 8.66 Å². The Kier molecular flexibility index (Phi) is 3.75. The molecule has 0 saturated carbocycles. The third kappa shape index (κ3) is 2.86. The number of rotatable bonds is 4. The highest BCUT2D eigenvalue weighted by molar-refractivity contribution is 9.11. The molecule has 0 saturated heterocycles. The summed E-state index contributed by atoms with van der Waals surface area (Å²) >= 11 is 5.01.